The number of aliphatic carboxylic acids is 1. The van der Waals surface area contributed by atoms with Crippen molar-refractivity contribution >= 4 is 27.5 Å². The van der Waals surface area contributed by atoms with Gasteiger partial charge in [-0.3, -0.25) is 9.36 Å². The first kappa shape index (κ1) is 16.0. The minimum absolute atomic E-state index is 0.238. The maximum atomic E-state index is 13.3. The van der Waals surface area contributed by atoms with Crippen molar-refractivity contribution in [3.8, 4) is 11.4 Å². The van der Waals surface area contributed by atoms with Crippen LogP contribution in [0.3, 0.4) is 0 Å². The van der Waals surface area contributed by atoms with Crippen LogP contribution < -0.4 is 5.56 Å². The highest BCUT2D eigenvalue weighted by Gasteiger charge is 2.27. The molecule has 0 bridgehead atoms. The molecule has 25 heavy (non-hydrogen) atoms. The van der Waals surface area contributed by atoms with Gasteiger partial charge in [0, 0.05) is 10.4 Å². The van der Waals surface area contributed by atoms with E-state index in [1.54, 1.807) is 11.3 Å². The Kier molecular flexibility index (Phi) is 3.72. The third kappa shape index (κ3) is 2.40. The Morgan fingerprint density at radius 2 is 2.08 bits per heavy atom. The Bertz CT molecular complexity index is 1060. The number of hydrogen-bond donors (Lipinski definition) is 1. The van der Waals surface area contributed by atoms with E-state index >= 15 is 0 Å². The summed E-state index contributed by atoms with van der Waals surface area (Å²) in [5.41, 5.74) is 2.59. The molecule has 6 heteroatoms. The molecule has 5 nitrogen and oxygen atoms in total. The fourth-order valence-electron chi connectivity index (χ4n) is 3.54. The van der Waals surface area contributed by atoms with Gasteiger partial charge in [0.25, 0.3) is 5.56 Å². The Morgan fingerprint density at radius 1 is 1.32 bits per heavy atom. The number of benzene rings is 1. The van der Waals surface area contributed by atoms with Crippen molar-refractivity contribution < 1.29 is 9.90 Å². The molecule has 0 fully saturated rings. The molecule has 0 saturated carbocycles. The zero-order chi connectivity index (χ0) is 17.7. The highest BCUT2D eigenvalue weighted by molar-refractivity contribution is 7.18. The predicted molar refractivity (Wildman–Crippen MR) is 98.4 cm³/mol. The van der Waals surface area contributed by atoms with Gasteiger partial charge in [0.15, 0.2) is 0 Å². The first-order chi connectivity index (χ1) is 12.0. The zero-order valence-corrected chi connectivity index (χ0v) is 14.9. The monoisotopic (exact) mass is 354 g/mol. The minimum atomic E-state index is -1.04. The number of thiophene rings is 1. The summed E-state index contributed by atoms with van der Waals surface area (Å²) in [6.07, 6.45) is 2.89. The Balaban J connectivity index is 2.11. The van der Waals surface area contributed by atoms with Crippen LogP contribution in [0.2, 0.25) is 0 Å². The molecule has 1 unspecified atom stereocenters. The van der Waals surface area contributed by atoms with Gasteiger partial charge in [-0.25, -0.2) is 9.78 Å². The summed E-state index contributed by atoms with van der Waals surface area (Å²) in [4.78, 5) is 31.6. The van der Waals surface area contributed by atoms with Crippen molar-refractivity contribution in [3.63, 3.8) is 0 Å². The molecule has 0 aliphatic heterocycles. The number of hydrogen-bond acceptors (Lipinski definition) is 4. The summed E-state index contributed by atoms with van der Waals surface area (Å²) in [6, 6.07) is 6.64. The van der Waals surface area contributed by atoms with Crippen molar-refractivity contribution in [2.75, 3.05) is 0 Å². The Labute approximate surface area is 148 Å². The second kappa shape index (κ2) is 5.81. The lowest BCUT2D eigenvalue weighted by atomic mass is 10.1. The van der Waals surface area contributed by atoms with Crippen molar-refractivity contribution in [2.24, 2.45) is 0 Å². The number of aromatic nitrogens is 2. The third-order valence-electron chi connectivity index (χ3n) is 4.90. The van der Waals surface area contributed by atoms with Gasteiger partial charge in [-0.05, 0) is 44.2 Å². The molecule has 1 atom stereocenters. The number of nitrogens with zero attached hydrogens (tertiary/aromatic N) is 2. The summed E-state index contributed by atoms with van der Waals surface area (Å²) in [6.45, 7) is 3.47. The average Bonchev–Trinajstić information content (AvgIpc) is 3.15. The molecular weight excluding hydrogens is 336 g/mol. The van der Waals surface area contributed by atoms with Gasteiger partial charge in [0.1, 0.15) is 16.7 Å². The van der Waals surface area contributed by atoms with Gasteiger partial charge < -0.3 is 5.11 Å². The van der Waals surface area contributed by atoms with Crippen LogP contribution in [0.5, 0.6) is 0 Å². The van der Waals surface area contributed by atoms with Crippen LogP contribution in [0.15, 0.2) is 29.1 Å². The normalized spacial score (nSPS) is 14.6. The maximum Gasteiger partial charge on any atom is 0.326 e. The lowest BCUT2D eigenvalue weighted by molar-refractivity contribution is -0.140. The molecule has 1 aliphatic carbocycles. The molecule has 1 N–H and O–H groups in total. The van der Waals surface area contributed by atoms with E-state index in [0.29, 0.717) is 11.2 Å². The standard InChI is InChI=1S/C19H18N2O3S/c1-10-6-3-4-7-12(10)16-20-17-15(13-8-5-9-14(13)25-17)18(22)21(16)11(2)19(23)24/h3-4,6-7,11H,5,8-9H2,1-2H3,(H,23,24). The topological polar surface area (TPSA) is 72.2 Å². The lowest BCUT2D eigenvalue weighted by Crippen LogP contribution is -2.30. The number of rotatable bonds is 3. The predicted octanol–water partition coefficient (Wildman–Crippen LogP) is 3.57. The SMILES string of the molecule is Cc1ccccc1-c1nc2sc3c(c2c(=O)n1C(C)C(=O)O)CCC3. The lowest BCUT2D eigenvalue weighted by Gasteiger charge is -2.17. The molecular formula is C19H18N2O3S. The van der Waals surface area contributed by atoms with Gasteiger partial charge in [-0.2, -0.15) is 0 Å². The van der Waals surface area contributed by atoms with Crippen LogP contribution in [-0.4, -0.2) is 20.6 Å². The number of carboxylic acids is 1. The summed E-state index contributed by atoms with van der Waals surface area (Å²) in [5, 5.41) is 10.1. The van der Waals surface area contributed by atoms with Crippen LogP contribution in [0, 0.1) is 6.92 Å². The van der Waals surface area contributed by atoms with Crippen LogP contribution in [-0.2, 0) is 17.6 Å². The first-order valence-electron chi connectivity index (χ1n) is 8.34. The second-order valence-corrected chi connectivity index (χ2v) is 7.56. The van der Waals surface area contributed by atoms with Crippen molar-refractivity contribution in [1.29, 1.82) is 0 Å². The third-order valence-corrected chi connectivity index (χ3v) is 6.09. The molecule has 0 amide bonds. The van der Waals surface area contributed by atoms with E-state index < -0.39 is 12.0 Å². The molecule has 0 saturated heterocycles. The number of aryl methyl sites for hydroxylation is 3. The fourth-order valence-corrected chi connectivity index (χ4v) is 4.79. The Hall–Kier alpha value is -2.47. The van der Waals surface area contributed by atoms with Crippen molar-refractivity contribution in [2.45, 2.75) is 39.2 Å². The van der Waals surface area contributed by atoms with E-state index in [9.17, 15) is 14.7 Å². The summed E-state index contributed by atoms with van der Waals surface area (Å²) >= 11 is 1.57. The van der Waals surface area contributed by atoms with Crippen molar-refractivity contribution in [1.82, 2.24) is 9.55 Å². The molecule has 0 spiro atoms. The molecule has 2 aromatic heterocycles. The summed E-state index contributed by atoms with van der Waals surface area (Å²) < 4.78 is 1.35. The average molecular weight is 354 g/mol. The maximum absolute atomic E-state index is 13.3. The van der Waals surface area contributed by atoms with Gasteiger partial charge in [0.05, 0.1) is 5.39 Å². The summed E-state index contributed by atoms with van der Waals surface area (Å²) in [5.74, 6) is -0.601. The first-order valence-corrected chi connectivity index (χ1v) is 9.16. The fraction of sp³-hybridized carbons (Fsp3) is 0.316. The molecule has 4 rings (SSSR count). The van der Waals surface area contributed by atoms with E-state index in [4.69, 9.17) is 4.98 Å². The number of carboxylic acid groups (broad SMARTS) is 1. The minimum Gasteiger partial charge on any atom is -0.480 e. The molecule has 1 aromatic carbocycles. The van der Waals surface area contributed by atoms with E-state index in [1.807, 2.05) is 31.2 Å². The smallest absolute Gasteiger partial charge is 0.326 e. The quantitative estimate of drug-likeness (QED) is 0.780. The van der Waals surface area contributed by atoms with E-state index in [-0.39, 0.29) is 5.56 Å². The van der Waals surface area contributed by atoms with Gasteiger partial charge in [-0.15, -0.1) is 11.3 Å². The molecule has 0 radical (unpaired) electrons. The van der Waals surface area contributed by atoms with Crippen LogP contribution in [0.1, 0.15) is 35.4 Å². The molecule has 128 valence electrons. The number of carbonyl (C=O) groups is 1. The second-order valence-electron chi connectivity index (χ2n) is 6.48. The number of fused-ring (bicyclic) bond motifs is 3. The largest absolute Gasteiger partial charge is 0.480 e. The van der Waals surface area contributed by atoms with Crippen LogP contribution in [0.4, 0.5) is 0 Å². The van der Waals surface area contributed by atoms with Crippen LogP contribution >= 0.6 is 11.3 Å². The van der Waals surface area contributed by atoms with Crippen LogP contribution in [0.25, 0.3) is 21.6 Å². The highest BCUT2D eigenvalue weighted by atomic mass is 32.1. The summed E-state index contributed by atoms with van der Waals surface area (Å²) in [7, 11) is 0. The van der Waals surface area contributed by atoms with Gasteiger partial charge >= 0.3 is 5.97 Å². The molecule has 1 aliphatic rings. The molecule has 3 aromatic rings. The zero-order valence-electron chi connectivity index (χ0n) is 14.1. The van der Waals surface area contributed by atoms with E-state index in [2.05, 4.69) is 0 Å². The van der Waals surface area contributed by atoms with Gasteiger partial charge in [0.2, 0.25) is 0 Å². The highest BCUT2D eigenvalue weighted by Crippen LogP contribution is 2.36. The van der Waals surface area contributed by atoms with Gasteiger partial charge in [-0.1, -0.05) is 24.3 Å². The van der Waals surface area contributed by atoms with E-state index in [1.165, 1.54) is 16.4 Å². The van der Waals surface area contributed by atoms with Crippen molar-refractivity contribution in [3.05, 3.63) is 50.6 Å². The molecule has 2 heterocycles. The van der Waals surface area contributed by atoms with E-state index in [0.717, 1.165) is 40.8 Å². The Morgan fingerprint density at radius 3 is 2.80 bits per heavy atom.